The predicted octanol–water partition coefficient (Wildman–Crippen LogP) is 5.89. The van der Waals surface area contributed by atoms with E-state index >= 15 is 0 Å². The van der Waals surface area contributed by atoms with Crippen molar-refractivity contribution in [2.24, 2.45) is 5.92 Å². The summed E-state index contributed by atoms with van der Waals surface area (Å²) < 4.78 is 0. The lowest BCUT2D eigenvalue weighted by Gasteiger charge is -2.36. The molecule has 7 heteroatoms. The summed E-state index contributed by atoms with van der Waals surface area (Å²) in [7, 11) is 0. The van der Waals surface area contributed by atoms with E-state index in [1.807, 2.05) is 35.2 Å². The van der Waals surface area contributed by atoms with E-state index in [-0.39, 0.29) is 5.91 Å². The predicted molar refractivity (Wildman–Crippen MR) is 133 cm³/mol. The summed E-state index contributed by atoms with van der Waals surface area (Å²) in [6.07, 6.45) is 2.97. The minimum absolute atomic E-state index is 0.0901. The van der Waals surface area contributed by atoms with E-state index in [0.717, 1.165) is 60.3 Å². The SMILES string of the molecule is CC1CCN(c2nc(-c3ccccc3)nc3c2CN(C(=O)c2ccc(Cl)cc2Cl)CC3)CC1. The minimum Gasteiger partial charge on any atom is -0.356 e. The Labute approximate surface area is 204 Å². The van der Waals surface area contributed by atoms with E-state index in [2.05, 4.69) is 11.8 Å². The Balaban J connectivity index is 1.51. The van der Waals surface area contributed by atoms with Crippen molar-refractivity contribution in [2.45, 2.75) is 32.7 Å². The summed E-state index contributed by atoms with van der Waals surface area (Å²) in [6, 6.07) is 15.1. The van der Waals surface area contributed by atoms with Crippen LogP contribution >= 0.6 is 23.2 Å². The van der Waals surface area contributed by atoms with Crippen molar-refractivity contribution in [3.05, 3.63) is 75.4 Å². The van der Waals surface area contributed by atoms with Gasteiger partial charge in [-0.1, -0.05) is 60.5 Å². The van der Waals surface area contributed by atoms with Crippen LogP contribution in [0.15, 0.2) is 48.5 Å². The lowest BCUT2D eigenvalue weighted by molar-refractivity contribution is 0.0734. The van der Waals surface area contributed by atoms with Crippen molar-refractivity contribution >= 4 is 34.9 Å². The maximum absolute atomic E-state index is 13.3. The molecule has 1 saturated heterocycles. The summed E-state index contributed by atoms with van der Waals surface area (Å²) in [6.45, 7) is 5.31. The van der Waals surface area contributed by atoms with Crippen molar-refractivity contribution in [3.63, 3.8) is 0 Å². The molecule has 1 aromatic heterocycles. The molecule has 0 spiro atoms. The molecule has 2 aromatic carbocycles. The Kier molecular flexibility index (Phi) is 6.26. The van der Waals surface area contributed by atoms with Crippen LogP contribution in [0.2, 0.25) is 10.0 Å². The highest BCUT2D eigenvalue weighted by Gasteiger charge is 2.30. The van der Waals surface area contributed by atoms with E-state index < -0.39 is 0 Å². The highest BCUT2D eigenvalue weighted by molar-refractivity contribution is 6.36. The standard InChI is InChI=1S/C26H26Cl2N4O/c1-17-9-12-31(13-10-17)25-21-16-32(26(33)20-8-7-19(27)15-22(20)28)14-11-23(21)29-24(30-25)18-5-3-2-4-6-18/h2-8,15,17H,9-14,16H2,1H3. The van der Waals surface area contributed by atoms with Gasteiger partial charge in [-0.15, -0.1) is 0 Å². The third-order valence-corrected chi connectivity index (χ3v) is 7.15. The van der Waals surface area contributed by atoms with Crippen molar-refractivity contribution in [1.82, 2.24) is 14.9 Å². The number of nitrogens with zero attached hydrogens (tertiary/aromatic N) is 4. The van der Waals surface area contributed by atoms with Crippen LogP contribution < -0.4 is 4.90 Å². The van der Waals surface area contributed by atoms with Gasteiger partial charge < -0.3 is 9.80 Å². The summed E-state index contributed by atoms with van der Waals surface area (Å²) in [5.74, 6) is 2.35. The minimum atomic E-state index is -0.0901. The van der Waals surface area contributed by atoms with E-state index in [1.54, 1.807) is 18.2 Å². The first-order valence-electron chi connectivity index (χ1n) is 11.4. The van der Waals surface area contributed by atoms with Crippen molar-refractivity contribution < 1.29 is 4.79 Å². The number of carbonyl (C=O) groups excluding carboxylic acids is 1. The highest BCUT2D eigenvalue weighted by Crippen LogP contribution is 2.33. The maximum Gasteiger partial charge on any atom is 0.255 e. The number of hydrogen-bond donors (Lipinski definition) is 0. The van der Waals surface area contributed by atoms with Gasteiger partial charge in [0.25, 0.3) is 5.91 Å². The molecule has 2 aliphatic rings. The average Bonchev–Trinajstić information content (AvgIpc) is 2.84. The monoisotopic (exact) mass is 480 g/mol. The van der Waals surface area contributed by atoms with E-state index in [1.165, 1.54) is 0 Å². The molecule has 5 nitrogen and oxygen atoms in total. The number of amides is 1. The summed E-state index contributed by atoms with van der Waals surface area (Å²) in [5.41, 5.74) is 3.57. The zero-order valence-electron chi connectivity index (χ0n) is 18.6. The molecular formula is C26H26Cl2N4O. The first-order chi connectivity index (χ1) is 16.0. The largest absolute Gasteiger partial charge is 0.356 e. The number of rotatable bonds is 3. The lowest BCUT2D eigenvalue weighted by atomic mass is 9.97. The van der Waals surface area contributed by atoms with Crippen LogP contribution in [0.4, 0.5) is 5.82 Å². The fraction of sp³-hybridized carbons (Fsp3) is 0.346. The van der Waals surface area contributed by atoms with Gasteiger partial charge in [0, 0.05) is 42.2 Å². The zero-order valence-corrected chi connectivity index (χ0v) is 20.1. The van der Waals surface area contributed by atoms with Gasteiger partial charge in [-0.05, 0) is 37.0 Å². The van der Waals surface area contributed by atoms with Crippen LogP contribution in [0.25, 0.3) is 11.4 Å². The van der Waals surface area contributed by atoms with Gasteiger partial charge in [0.05, 0.1) is 22.8 Å². The molecule has 3 heterocycles. The summed E-state index contributed by atoms with van der Waals surface area (Å²) >= 11 is 12.4. The number of benzene rings is 2. The molecule has 0 saturated carbocycles. The smallest absolute Gasteiger partial charge is 0.255 e. The Hall–Kier alpha value is -2.63. The molecule has 0 atom stereocenters. The molecule has 3 aromatic rings. The van der Waals surface area contributed by atoms with E-state index in [0.29, 0.717) is 35.1 Å². The van der Waals surface area contributed by atoms with Gasteiger partial charge in [0.2, 0.25) is 0 Å². The van der Waals surface area contributed by atoms with Gasteiger partial charge in [0.15, 0.2) is 5.82 Å². The van der Waals surface area contributed by atoms with Gasteiger partial charge in [-0.2, -0.15) is 0 Å². The fourth-order valence-electron chi connectivity index (χ4n) is 4.60. The number of halogens is 2. The summed E-state index contributed by atoms with van der Waals surface area (Å²) in [4.78, 5) is 27.5. The molecular weight excluding hydrogens is 455 g/mol. The highest BCUT2D eigenvalue weighted by atomic mass is 35.5. The molecule has 0 N–H and O–H groups in total. The molecule has 33 heavy (non-hydrogen) atoms. The van der Waals surface area contributed by atoms with Gasteiger partial charge in [-0.25, -0.2) is 9.97 Å². The first kappa shape index (κ1) is 22.2. The Bertz CT molecular complexity index is 1180. The molecule has 0 radical (unpaired) electrons. The Morgan fingerprint density at radius 3 is 2.48 bits per heavy atom. The second kappa shape index (κ2) is 9.32. The number of piperidine rings is 1. The first-order valence-corrected chi connectivity index (χ1v) is 12.2. The third kappa shape index (κ3) is 4.57. The van der Waals surface area contributed by atoms with Crippen LogP contribution in [0.5, 0.6) is 0 Å². The van der Waals surface area contributed by atoms with E-state index in [9.17, 15) is 4.79 Å². The average molecular weight is 481 g/mol. The normalized spacial score (nSPS) is 16.6. The zero-order chi connectivity index (χ0) is 22.9. The number of fused-ring (bicyclic) bond motifs is 1. The molecule has 0 aliphatic carbocycles. The second-order valence-electron chi connectivity index (χ2n) is 8.93. The topological polar surface area (TPSA) is 49.3 Å². The molecule has 5 rings (SSSR count). The molecule has 0 bridgehead atoms. The van der Waals surface area contributed by atoms with Gasteiger partial charge in [-0.3, -0.25) is 4.79 Å². The number of anilines is 1. The number of hydrogen-bond acceptors (Lipinski definition) is 4. The van der Waals surface area contributed by atoms with Crippen molar-refractivity contribution in [1.29, 1.82) is 0 Å². The molecule has 1 fully saturated rings. The summed E-state index contributed by atoms with van der Waals surface area (Å²) in [5, 5.41) is 0.892. The second-order valence-corrected chi connectivity index (χ2v) is 9.78. The Morgan fingerprint density at radius 2 is 1.76 bits per heavy atom. The molecule has 2 aliphatic heterocycles. The molecule has 1 amide bonds. The fourth-order valence-corrected chi connectivity index (χ4v) is 5.09. The maximum atomic E-state index is 13.3. The van der Waals surface area contributed by atoms with Gasteiger partial charge >= 0.3 is 0 Å². The quantitative estimate of drug-likeness (QED) is 0.469. The third-order valence-electron chi connectivity index (χ3n) is 6.60. The van der Waals surface area contributed by atoms with Crippen molar-refractivity contribution in [2.75, 3.05) is 24.5 Å². The van der Waals surface area contributed by atoms with Crippen LogP contribution in [0.3, 0.4) is 0 Å². The van der Waals surface area contributed by atoms with Gasteiger partial charge in [0.1, 0.15) is 5.82 Å². The molecule has 170 valence electrons. The molecule has 0 unspecified atom stereocenters. The lowest BCUT2D eigenvalue weighted by Crippen LogP contribution is -2.40. The van der Waals surface area contributed by atoms with Crippen LogP contribution in [0.1, 0.15) is 41.4 Å². The van der Waals surface area contributed by atoms with E-state index in [4.69, 9.17) is 33.2 Å². The Morgan fingerprint density at radius 1 is 1.00 bits per heavy atom. The van der Waals surface area contributed by atoms with Crippen LogP contribution in [-0.4, -0.2) is 40.4 Å². The number of aromatic nitrogens is 2. The number of carbonyl (C=O) groups is 1. The van der Waals surface area contributed by atoms with Crippen LogP contribution in [-0.2, 0) is 13.0 Å². The van der Waals surface area contributed by atoms with Crippen LogP contribution in [0, 0.1) is 5.92 Å². The van der Waals surface area contributed by atoms with Crippen molar-refractivity contribution in [3.8, 4) is 11.4 Å².